The van der Waals surface area contributed by atoms with Crippen LogP contribution in [0.25, 0.3) is 0 Å². The average molecular weight is 650 g/mol. The molecule has 0 aromatic carbocycles. The molecule has 12 nitrogen and oxygen atoms in total. The number of nitrogens with zero attached hydrogens (tertiary/aromatic N) is 2. The number of aromatic nitrogens is 2. The fourth-order valence-electron chi connectivity index (χ4n) is 4.01. The van der Waals surface area contributed by atoms with Gasteiger partial charge in [-0.1, -0.05) is 41.5 Å². The first-order valence-electron chi connectivity index (χ1n) is 14.5. The molecule has 42 heavy (non-hydrogen) atoms. The number of carbonyl (C=O) groups excluding carboxylic acids is 1. The van der Waals surface area contributed by atoms with Crippen LogP contribution in [-0.4, -0.2) is 74.6 Å². The van der Waals surface area contributed by atoms with Gasteiger partial charge < -0.3 is 33.1 Å². The molecule has 0 saturated carbocycles. The Kier molecular flexibility index (Phi) is 11.8. The maximum atomic E-state index is 13.8. The van der Waals surface area contributed by atoms with Crippen molar-refractivity contribution in [2.75, 3.05) is 18.5 Å². The molecule has 2 N–H and O–H groups in total. The SMILES string of the molecule is CCOP(=O)(OCC)[C@@H](O)[C@H]1O[C@@H](n2ccc(NC(C)=O)nc2=O)[C@H](O[Si](C)(C)C(C)(C)C)[C@@H]1O[Si](C)(C)C(C)(C)C. The number of ether oxygens (including phenoxy) is 1. The molecule has 15 heteroatoms. The van der Waals surface area contributed by atoms with Gasteiger partial charge in [-0.15, -0.1) is 0 Å². The number of hydrogen-bond donors (Lipinski definition) is 2. The molecule has 2 heterocycles. The third-order valence-electron chi connectivity index (χ3n) is 8.34. The van der Waals surface area contributed by atoms with Gasteiger partial charge >= 0.3 is 13.3 Å². The van der Waals surface area contributed by atoms with Crippen molar-refractivity contribution in [3.05, 3.63) is 22.7 Å². The van der Waals surface area contributed by atoms with Crippen LogP contribution in [-0.2, 0) is 32.0 Å². The summed E-state index contributed by atoms with van der Waals surface area (Å²) in [4.78, 5) is 28.9. The van der Waals surface area contributed by atoms with E-state index in [4.69, 9.17) is 22.6 Å². The van der Waals surface area contributed by atoms with Crippen LogP contribution < -0.4 is 11.0 Å². The summed E-state index contributed by atoms with van der Waals surface area (Å²) in [5, 5.41) is 13.7. The fourth-order valence-corrected chi connectivity index (χ4v) is 8.29. The van der Waals surface area contributed by atoms with Crippen molar-refractivity contribution in [1.82, 2.24) is 9.55 Å². The molecule has 1 saturated heterocycles. The van der Waals surface area contributed by atoms with Gasteiger partial charge in [0, 0.05) is 13.1 Å². The number of aliphatic hydroxyl groups is 1. The molecule has 1 amide bonds. The number of rotatable bonds is 12. The van der Waals surface area contributed by atoms with Gasteiger partial charge in [-0.25, -0.2) is 4.79 Å². The van der Waals surface area contributed by atoms with Gasteiger partial charge in [0.05, 0.1) is 13.2 Å². The minimum atomic E-state index is -4.10. The molecule has 1 aromatic heterocycles. The van der Waals surface area contributed by atoms with Crippen LogP contribution in [0.4, 0.5) is 5.82 Å². The molecular formula is C27H52N3O9PSi2. The second-order valence-corrected chi connectivity index (χ2v) is 25.3. The highest BCUT2D eigenvalue weighted by Crippen LogP contribution is 2.57. The number of amides is 1. The van der Waals surface area contributed by atoms with Gasteiger partial charge in [-0.2, -0.15) is 4.98 Å². The predicted octanol–water partition coefficient (Wildman–Crippen LogP) is 5.46. The van der Waals surface area contributed by atoms with Crippen LogP contribution >= 0.6 is 7.60 Å². The Balaban J connectivity index is 2.80. The van der Waals surface area contributed by atoms with E-state index in [1.54, 1.807) is 13.8 Å². The van der Waals surface area contributed by atoms with E-state index in [0.717, 1.165) is 0 Å². The smallest absolute Gasteiger partial charge is 0.361 e. The highest BCUT2D eigenvalue weighted by Gasteiger charge is 2.59. The summed E-state index contributed by atoms with van der Waals surface area (Å²) in [6.45, 7) is 25.5. The molecule has 1 aliphatic heterocycles. The zero-order valence-corrected chi connectivity index (χ0v) is 30.4. The van der Waals surface area contributed by atoms with Crippen LogP contribution in [0.5, 0.6) is 0 Å². The van der Waals surface area contributed by atoms with Crippen LogP contribution in [0.3, 0.4) is 0 Å². The summed E-state index contributed by atoms with van der Waals surface area (Å²) >= 11 is 0. The van der Waals surface area contributed by atoms with Crippen molar-refractivity contribution in [3.8, 4) is 0 Å². The molecule has 1 aliphatic rings. The van der Waals surface area contributed by atoms with Crippen molar-refractivity contribution in [2.24, 2.45) is 0 Å². The summed E-state index contributed by atoms with van der Waals surface area (Å²) < 4.78 is 46.4. The Morgan fingerprint density at radius 2 is 1.52 bits per heavy atom. The molecule has 5 atom stereocenters. The topological polar surface area (TPSA) is 147 Å². The Hall–Kier alpha value is -1.23. The van der Waals surface area contributed by atoms with Gasteiger partial charge in [0.2, 0.25) is 5.91 Å². The van der Waals surface area contributed by atoms with E-state index in [1.807, 2.05) is 0 Å². The molecule has 0 bridgehead atoms. The third-order valence-corrected chi connectivity index (χ3v) is 19.5. The highest BCUT2D eigenvalue weighted by molar-refractivity contribution is 7.54. The molecule has 242 valence electrons. The summed E-state index contributed by atoms with van der Waals surface area (Å²) in [5.41, 5.74) is -0.700. The monoisotopic (exact) mass is 649 g/mol. The number of carbonyl (C=O) groups is 1. The van der Waals surface area contributed by atoms with Gasteiger partial charge in [0.15, 0.2) is 28.7 Å². The average Bonchev–Trinajstić information content (AvgIpc) is 3.13. The number of hydrogen-bond acceptors (Lipinski definition) is 10. The summed E-state index contributed by atoms with van der Waals surface area (Å²) in [6, 6.07) is 1.48. The lowest BCUT2D eigenvalue weighted by Gasteiger charge is -2.44. The fraction of sp³-hybridized carbons (Fsp3) is 0.815. The van der Waals surface area contributed by atoms with Crippen LogP contribution in [0.1, 0.15) is 68.5 Å². The molecule has 0 spiro atoms. The van der Waals surface area contributed by atoms with Gasteiger partial charge in [0.25, 0.3) is 0 Å². The largest absolute Gasteiger partial charge is 0.408 e. The normalized spacial score (nSPS) is 23.2. The second-order valence-electron chi connectivity index (χ2n) is 13.6. The number of aliphatic hydroxyl groups excluding tert-OH is 1. The van der Waals surface area contributed by atoms with E-state index in [0.29, 0.717) is 0 Å². The minimum absolute atomic E-state index is 0.0378. The van der Waals surface area contributed by atoms with Gasteiger partial charge in [-0.05, 0) is 56.2 Å². The van der Waals surface area contributed by atoms with Crippen molar-refractivity contribution in [2.45, 2.75) is 129 Å². The highest BCUT2D eigenvalue weighted by atomic mass is 31.2. The summed E-state index contributed by atoms with van der Waals surface area (Å²) in [6.07, 6.45) is -2.70. The van der Waals surface area contributed by atoms with Gasteiger partial charge in [0.1, 0.15) is 24.1 Å². The van der Waals surface area contributed by atoms with E-state index in [-0.39, 0.29) is 35.0 Å². The van der Waals surface area contributed by atoms with E-state index in [2.05, 4.69) is 78.0 Å². The van der Waals surface area contributed by atoms with E-state index >= 15 is 0 Å². The molecule has 2 rings (SSSR count). The first kappa shape index (κ1) is 37.0. The van der Waals surface area contributed by atoms with Crippen molar-refractivity contribution in [1.29, 1.82) is 0 Å². The van der Waals surface area contributed by atoms with Crippen LogP contribution in [0.15, 0.2) is 17.1 Å². The van der Waals surface area contributed by atoms with Crippen molar-refractivity contribution in [3.63, 3.8) is 0 Å². The molecule has 0 aliphatic carbocycles. The molecule has 0 radical (unpaired) electrons. The second kappa shape index (κ2) is 13.4. The lowest BCUT2D eigenvalue weighted by molar-refractivity contribution is -0.114. The lowest BCUT2D eigenvalue weighted by Crippen LogP contribution is -2.55. The third kappa shape index (κ3) is 8.27. The quantitative estimate of drug-likeness (QED) is 0.221. The van der Waals surface area contributed by atoms with E-state index < -0.39 is 60.3 Å². The molecule has 1 aromatic rings. The molecular weight excluding hydrogens is 597 g/mol. The maximum absolute atomic E-state index is 13.8. The summed E-state index contributed by atoms with van der Waals surface area (Å²) in [5.74, 6) is -2.01. The Bertz CT molecular complexity index is 1190. The maximum Gasteiger partial charge on any atom is 0.361 e. The Labute approximate surface area is 252 Å². The van der Waals surface area contributed by atoms with Gasteiger partial charge in [-0.3, -0.25) is 13.9 Å². The Morgan fingerprint density at radius 1 is 1.05 bits per heavy atom. The van der Waals surface area contributed by atoms with Crippen LogP contribution in [0, 0.1) is 0 Å². The predicted molar refractivity (Wildman–Crippen MR) is 168 cm³/mol. The Morgan fingerprint density at radius 3 is 1.93 bits per heavy atom. The number of anilines is 1. The zero-order chi connectivity index (χ0) is 32.5. The summed E-state index contributed by atoms with van der Waals surface area (Å²) in [7, 11) is -9.21. The zero-order valence-electron chi connectivity index (χ0n) is 27.5. The molecule has 0 unspecified atom stereocenters. The minimum Gasteiger partial charge on any atom is -0.408 e. The van der Waals surface area contributed by atoms with Crippen molar-refractivity contribution >= 4 is 36.0 Å². The van der Waals surface area contributed by atoms with Crippen LogP contribution in [0.2, 0.25) is 36.3 Å². The number of nitrogens with one attached hydrogen (secondary N) is 1. The standard InChI is InChI=1S/C27H52N3O9PSi2/c1-14-35-40(34,36-15-2)24(32)22-20(38-41(10,11)26(4,5)6)21(39-42(12,13)27(7,8)9)23(37-22)30-17-16-19(28-18(3)31)29-25(30)33/h16-17,20-24,32H,14-15H2,1-13H3,(H,28,29,31,33)/t20-,21+,22-,23+,24+/m0/s1. The first-order chi connectivity index (χ1) is 19.0. The lowest BCUT2D eigenvalue weighted by atomic mass is 10.1. The van der Waals surface area contributed by atoms with E-state index in [1.165, 1.54) is 23.8 Å². The van der Waals surface area contributed by atoms with Crippen molar-refractivity contribution < 1.29 is 37.1 Å². The first-order valence-corrected chi connectivity index (χ1v) is 21.9. The molecule has 1 fully saturated rings. The van der Waals surface area contributed by atoms with E-state index in [9.17, 15) is 19.3 Å².